The van der Waals surface area contributed by atoms with Crippen molar-refractivity contribution in [2.45, 2.75) is 29.4 Å². The highest BCUT2D eigenvalue weighted by molar-refractivity contribution is 8.00. The molecular weight excluding hydrogens is 508 g/mol. The zero-order valence-corrected chi connectivity index (χ0v) is 19.9. The zero-order chi connectivity index (χ0) is 24.6. The molecule has 1 aliphatic heterocycles. The number of halogens is 5. The molecule has 10 heteroatoms. The van der Waals surface area contributed by atoms with E-state index >= 15 is 0 Å². The van der Waals surface area contributed by atoms with E-state index in [4.69, 9.17) is 23.2 Å². The van der Waals surface area contributed by atoms with Crippen molar-refractivity contribution < 1.29 is 22.8 Å². The number of thioether (sulfide) groups is 1. The molecule has 3 aromatic rings. The second-order valence-corrected chi connectivity index (χ2v) is 9.65. The van der Waals surface area contributed by atoms with Gasteiger partial charge >= 0.3 is 5.51 Å². The van der Waals surface area contributed by atoms with Crippen molar-refractivity contribution >= 4 is 52.5 Å². The number of alkyl halides is 3. The third-order valence-corrected chi connectivity index (χ3v) is 6.65. The van der Waals surface area contributed by atoms with Gasteiger partial charge in [0.25, 0.3) is 11.8 Å². The summed E-state index contributed by atoms with van der Waals surface area (Å²) in [4.78, 5) is 28.4. The number of hydrogen-bond donors (Lipinski definition) is 1. The summed E-state index contributed by atoms with van der Waals surface area (Å²) in [6, 6.07) is 15.3. The first-order valence-corrected chi connectivity index (χ1v) is 11.6. The summed E-state index contributed by atoms with van der Waals surface area (Å²) in [7, 11) is 0. The summed E-state index contributed by atoms with van der Waals surface area (Å²) in [5, 5.41) is 3.67. The van der Waals surface area contributed by atoms with Gasteiger partial charge in [0.1, 0.15) is 6.04 Å². The Morgan fingerprint density at radius 1 is 0.941 bits per heavy atom. The number of carbonyl (C=O) groups is 2. The zero-order valence-electron chi connectivity index (χ0n) is 17.6. The van der Waals surface area contributed by atoms with Crippen molar-refractivity contribution in [3.8, 4) is 0 Å². The van der Waals surface area contributed by atoms with Crippen LogP contribution in [0.3, 0.4) is 0 Å². The molecule has 4 rings (SSSR count). The molecule has 0 aromatic heterocycles. The molecule has 3 aromatic carbocycles. The van der Waals surface area contributed by atoms with Crippen LogP contribution in [0.25, 0.3) is 0 Å². The summed E-state index contributed by atoms with van der Waals surface area (Å²) in [5.41, 5.74) is -3.19. The van der Waals surface area contributed by atoms with Crippen LogP contribution in [0.2, 0.25) is 10.0 Å². The summed E-state index contributed by atoms with van der Waals surface area (Å²) < 4.78 is 38.9. The first kappa shape index (κ1) is 24.4. The van der Waals surface area contributed by atoms with Gasteiger partial charge in [-0.2, -0.15) is 13.2 Å². The Labute approximate surface area is 208 Å². The molecule has 0 fully saturated rings. The van der Waals surface area contributed by atoms with Gasteiger partial charge in [-0.25, -0.2) is 0 Å². The topological polar surface area (TPSA) is 49.4 Å². The Kier molecular flexibility index (Phi) is 6.85. The number of anilines is 1. The molecule has 0 spiro atoms. The molecular formula is C24H17Cl2F3N2O2S. The summed E-state index contributed by atoms with van der Waals surface area (Å²) in [5.74, 6) is -1.08. The number of nitrogens with zero attached hydrogens (tertiary/aromatic N) is 1. The third kappa shape index (κ3) is 5.19. The fourth-order valence-corrected chi connectivity index (χ4v) is 4.68. The molecule has 0 bridgehead atoms. The molecule has 2 atom stereocenters. The number of fused-ring (bicyclic) bond motifs is 1. The van der Waals surface area contributed by atoms with Crippen LogP contribution >= 0.6 is 35.0 Å². The van der Waals surface area contributed by atoms with Gasteiger partial charge in [-0.3, -0.25) is 9.59 Å². The van der Waals surface area contributed by atoms with Crippen molar-refractivity contribution in [1.29, 1.82) is 0 Å². The minimum absolute atomic E-state index is 0.0279. The Hall–Kier alpha value is -2.68. The normalized spacial score (nSPS) is 17.1. The quantitative estimate of drug-likeness (QED) is 0.359. The molecule has 34 heavy (non-hydrogen) atoms. The van der Waals surface area contributed by atoms with Crippen LogP contribution in [0, 0.1) is 0 Å². The number of hydrogen-bond acceptors (Lipinski definition) is 3. The van der Waals surface area contributed by atoms with Gasteiger partial charge in [0.05, 0.1) is 17.3 Å². The van der Waals surface area contributed by atoms with E-state index in [2.05, 4.69) is 5.32 Å². The van der Waals surface area contributed by atoms with Crippen LogP contribution < -0.4 is 5.32 Å². The number of rotatable bonds is 4. The molecule has 0 radical (unpaired) electrons. The highest BCUT2D eigenvalue weighted by Gasteiger charge is 2.40. The maximum Gasteiger partial charge on any atom is 0.446 e. The Balaban J connectivity index is 1.85. The summed E-state index contributed by atoms with van der Waals surface area (Å²) >= 11 is 11.7. The van der Waals surface area contributed by atoms with Gasteiger partial charge in [-0.15, -0.1) is 0 Å². The average molecular weight is 525 g/mol. The van der Waals surface area contributed by atoms with Gasteiger partial charge in [0, 0.05) is 14.9 Å². The number of benzene rings is 3. The summed E-state index contributed by atoms with van der Waals surface area (Å²) in [6.07, 6.45) is 0. The van der Waals surface area contributed by atoms with Crippen LogP contribution in [0.5, 0.6) is 0 Å². The van der Waals surface area contributed by atoms with E-state index in [0.29, 0.717) is 21.2 Å². The largest absolute Gasteiger partial charge is 0.446 e. The SMILES string of the molecule is C[C@H](c1ccc(Cl)cc1)N1C(=O)c2cc(SC(F)(F)F)ccc2NC(=O)C1c1ccc(Cl)cc1. The smallest absolute Gasteiger partial charge is 0.323 e. The average Bonchev–Trinajstić information content (AvgIpc) is 2.87. The standard InChI is InChI=1S/C24H17Cl2F3N2O2S/c1-13(14-2-6-16(25)7-3-14)31-21(15-4-8-17(26)9-5-15)22(32)30-20-11-10-18(34-24(27,28)29)12-19(20)23(31)33/h2-13,21H,1H3,(H,30,32)/t13-,21?/m1/s1. The van der Waals surface area contributed by atoms with E-state index in [-0.39, 0.29) is 27.9 Å². The molecule has 176 valence electrons. The van der Waals surface area contributed by atoms with Crippen LogP contribution in [-0.4, -0.2) is 22.2 Å². The molecule has 0 aliphatic carbocycles. The van der Waals surface area contributed by atoms with Gasteiger partial charge in [0.15, 0.2) is 0 Å². The fourth-order valence-electron chi connectivity index (χ4n) is 3.85. The molecule has 2 amide bonds. The van der Waals surface area contributed by atoms with E-state index in [1.165, 1.54) is 17.0 Å². The maximum atomic E-state index is 13.8. The molecule has 1 aliphatic rings. The van der Waals surface area contributed by atoms with Crippen LogP contribution in [0.1, 0.15) is 40.5 Å². The third-order valence-electron chi connectivity index (χ3n) is 5.43. The molecule has 1 N–H and O–H groups in total. The van der Waals surface area contributed by atoms with Crippen molar-refractivity contribution in [2.75, 3.05) is 5.32 Å². The van der Waals surface area contributed by atoms with Crippen molar-refractivity contribution in [1.82, 2.24) is 4.90 Å². The minimum atomic E-state index is -4.52. The van der Waals surface area contributed by atoms with Gasteiger partial charge < -0.3 is 10.2 Å². The highest BCUT2D eigenvalue weighted by atomic mass is 35.5. The van der Waals surface area contributed by atoms with Gasteiger partial charge in [0.2, 0.25) is 0 Å². The first-order valence-electron chi connectivity index (χ1n) is 10.1. The summed E-state index contributed by atoms with van der Waals surface area (Å²) in [6.45, 7) is 1.75. The number of amides is 2. The highest BCUT2D eigenvalue weighted by Crippen LogP contribution is 2.41. The lowest BCUT2D eigenvalue weighted by Gasteiger charge is -2.34. The predicted molar refractivity (Wildman–Crippen MR) is 127 cm³/mol. The Morgan fingerprint density at radius 3 is 2.12 bits per heavy atom. The molecule has 1 heterocycles. The predicted octanol–water partition coefficient (Wildman–Crippen LogP) is 7.50. The van der Waals surface area contributed by atoms with E-state index < -0.39 is 29.4 Å². The first-order chi connectivity index (χ1) is 16.0. The molecule has 0 saturated carbocycles. The lowest BCUT2D eigenvalue weighted by molar-refractivity contribution is -0.121. The fraction of sp³-hybridized carbons (Fsp3) is 0.167. The number of carbonyl (C=O) groups excluding carboxylic acids is 2. The van der Waals surface area contributed by atoms with E-state index in [1.54, 1.807) is 55.5 Å². The van der Waals surface area contributed by atoms with Crippen LogP contribution in [0.4, 0.5) is 18.9 Å². The van der Waals surface area contributed by atoms with E-state index in [9.17, 15) is 22.8 Å². The van der Waals surface area contributed by atoms with Crippen molar-refractivity contribution in [2.24, 2.45) is 0 Å². The second kappa shape index (κ2) is 9.52. The lowest BCUT2D eigenvalue weighted by atomic mass is 9.99. The van der Waals surface area contributed by atoms with E-state index in [1.807, 2.05) is 0 Å². The molecule has 0 saturated heterocycles. The van der Waals surface area contributed by atoms with Crippen molar-refractivity contribution in [3.63, 3.8) is 0 Å². The van der Waals surface area contributed by atoms with Crippen LogP contribution in [0.15, 0.2) is 71.6 Å². The van der Waals surface area contributed by atoms with Crippen molar-refractivity contribution in [3.05, 3.63) is 93.5 Å². The monoisotopic (exact) mass is 524 g/mol. The Morgan fingerprint density at radius 2 is 1.53 bits per heavy atom. The lowest BCUT2D eigenvalue weighted by Crippen LogP contribution is -2.40. The Bertz CT molecular complexity index is 1230. The number of nitrogens with one attached hydrogen (secondary N) is 1. The van der Waals surface area contributed by atoms with Gasteiger partial charge in [-0.1, -0.05) is 47.5 Å². The van der Waals surface area contributed by atoms with Gasteiger partial charge in [-0.05, 0) is 72.3 Å². The molecule has 4 nitrogen and oxygen atoms in total. The molecule has 1 unspecified atom stereocenters. The minimum Gasteiger partial charge on any atom is -0.323 e. The van der Waals surface area contributed by atoms with Crippen LogP contribution in [-0.2, 0) is 4.79 Å². The maximum absolute atomic E-state index is 13.8. The second-order valence-electron chi connectivity index (χ2n) is 7.64. The van der Waals surface area contributed by atoms with E-state index in [0.717, 1.165) is 6.07 Å².